The number of hydrogen-bond acceptors (Lipinski definition) is 5. The summed E-state index contributed by atoms with van der Waals surface area (Å²) < 4.78 is 26.9. The first kappa shape index (κ1) is 19.7. The van der Waals surface area contributed by atoms with Crippen molar-refractivity contribution in [1.29, 1.82) is 0 Å². The molecule has 1 aromatic heterocycles. The van der Waals surface area contributed by atoms with Crippen molar-refractivity contribution in [2.45, 2.75) is 23.7 Å². The van der Waals surface area contributed by atoms with E-state index in [9.17, 15) is 8.60 Å². The monoisotopic (exact) mass is 444 g/mol. The number of pyridine rings is 1. The zero-order chi connectivity index (χ0) is 20.8. The molecule has 8 heteroatoms. The fourth-order valence-electron chi connectivity index (χ4n) is 4.22. The van der Waals surface area contributed by atoms with Gasteiger partial charge in [-0.25, -0.2) is 9.37 Å². The number of halogens is 2. The maximum Gasteiger partial charge on any atom is 0.134 e. The second kappa shape index (κ2) is 7.80. The van der Waals surface area contributed by atoms with Gasteiger partial charge in [-0.3, -0.25) is 4.21 Å². The largest absolute Gasteiger partial charge is 0.366 e. The average molecular weight is 445 g/mol. The van der Waals surface area contributed by atoms with Gasteiger partial charge >= 0.3 is 0 Å². The van der Waals surface area contributed by atoms with Crippen LogP contribution >= 0.6 is 11.6 Å². The molecular weight excluding hydrogens is 423 g/mol. The van der Waals surface area contributed by atoms with E-state index in [0.717, 1.165) is 32.9 Å². The Balaban J connectivity index is 1.60. The zero-order valence-corrected chi connectivity index (χ0v) is 17.9. The van der Waals surface area contributed by atoms with Gasteiger partial charge in [0.05, 0.1) is 34.6 Å². The first-order valence-electron chi connectivity index (χ1n) is 9.96. The Morgan fingerprint density at radius 3 is 2.77 bits per heavy atom. The molecule has 0 amide bonds. The predicted molar refractivity (Wildman–Crippen MR) is 121 cm³/mol. The van der Waals surface area contributed by atoms with Crippen molar-refractivity contribution < 1.29 is 8.60 Å². The van der Waals surface area contributed by atoms with E-state index in [1.807, 2.05) is 53.4 Å². The van der Waals surface area contributed by atoms with Crippen LogP contribution in [0.5, 0.6) is 0 Å². The molecule has 3 atom stereocenters. The summed E-state index contributed by atoms with van der Waals surface area (Å²) in [6.07, 6.45) is -1.07. The molecule has 0 spiro atoms. The number of aromatic nitrogens is 1. The highest BCUT2D eigenvalue weighted by Crippen LogP contribution is 2.35. The smallest absolute Gasteiger partial charge is 0.134 e. The Kier molecular flexibility index (Phi) is 5.13. The third-order valence-electron chi connectivity index (χ3n) is 5.82. The number of hydrogen-bond donors (Lipinski definition) is 1. The number of alkyl halides is 1. The summed E-state index contributed by atoms with van der Waals surface area (Å²) in [5.74, 6) is 1.32. The topological polar surface area (TPSA) is 62.5 Å². The third kappa shape index (κ3) is 3.55. The van der Waals surface area contributed by atoms with Crippen LogP contribution in [0.1, 0.15) is 5.56 Å². The van der Waals surface area contributed by atoms with E-state index < -0.39 is 23.0 Å². The van der Waals surface area contributed by atoms with Crippen LogP contribution in [-0.4, -0.2) is 46.8 Å². The van der Waals surface area contributed by atoms with E-state index in [1.54, 1.807) is 0 Å². The van der Waals surface area contributed by atoms with E-state index in [-0.39, 0.29) is 6.54 Å². The fourth-order valence-corrected chi connectivity index (χ4v) is 5.65. The summed E-state index contributed by atoms with van der Waals surface area (Å²) in [5.41, 5.74) is 8.66. The summed E-state index contributed by atoms with van der Waals surface area (Å²) in [6.45, 7) is 1.94. The number of nitrogens with zero attached hydrogens (tertiary/aromatic N) is 3. The van der Waals surface area contributed by atoms with Crippen molar-refractivity contribution in [3.63, 3.8) is 0 Å². The van der Waals surface area contributed by atoms with Crippen LogP contribution < -0.4 is 15.5 Å². The SMILES string of the molecule is NC1CN(c2cc(N3CCS(=O)c4ccccc4C3)nc3ccc(Cl)cc23)CC1F. The molecule has 2 aliphatic rings. The number of fused-ring (bicyclic) bond motifs is 2. The highest BCUT2D eigenvalue weighted by Gasteiger charge is 2.31. The van der Waals surface area contributed by atoms with Gasteiger partial charge in [-0.15, -0.1) is 0 Å². The molecule has 0 bridgehead atoms. The first-order chi connectivity index (χ1) is 14.5. The van der Waals surface area contributed by atoms with Crippen molar-refractivity contribution >= 4 is 44.8 Å². The lowest BCUT2D eigenvalue weighted by Gasteiger charge is -2.26. The van der Waals surface area contributed by atoms with Crippen LogP contribution in [0, 0.1) is 0 Å². The molecule has 3 heterocycles. The van der Waals surface area contributed by atoms with Gasteiger partial charge in [-0.2, -0.15) is 0 Å². The highest BCUT2D eigenvalue weighted by molar-refractivity contribution is 7.85. The van der Waals surface area contributed by atoms with Crippen LogP contribution in [0.4, 0.5) is 15.9 Å². The minimum Gasteiger partial charge on any atom is -0.366 e. The molecular formula is C22H22ClFN4OS. The van der Waals surface area contributed by atoms with Gasteiger partial charge in [0.15, 0.2) is 0 Å². The van der Waals surface area contributed by atoms with E-state index in [2.05, 4.69) is 4.90 Å². The summed E-state index contributed by atoms with van der Waals surface area (Å²) in [5, 5.41) is 1.49. The highest BCUT2D eigenvalue weighted by atomic mass is 35.5. The third-order valence-corrected chi connectivity index (χ3v) is 7.49. The molecule has 5 nitrogen and oxygen atoms in total. The van der Waals surface area contributed by atoms with E-state index in [1.165, 1.54) is 0 Å². The minimum absolute atomic E-state index is 0.249. The number of anilines is 2. The molecule has 2 N–H and O–H groups in total. The van der Waals surface area contributed by atoms with E-state index in [0.29, 0.717) is 30.4 Å². The van der Waals surface area contributed by atoms with Gasteiger partial charge in [0.25, 0.3) is 0 Å². The lowest BCUT2D eigenvalue weighted by Crippen LogP contribution is -2.30. The van der Waals surface area contributed by atoms with Gasteiger partial charge in [-0.1, -0.05) is 29.8 Å². The molecule has 30 heavy (non-hydrogen) atoms. The lowest BCUT2D eigenvalue weighted by molar-refractivity contribution is 0.333. The van der Waals surface area contributed by atoms with Gasteiger partial charge in [-0.05, 0) is 29.8 Å². The normalized spacial score (nSPS) is 24.2. The molecule has 2 aromatic carbocycles. The summed E-state index contributed by atoms with van der Waals surface area (Å²) in [6, 6.07) is 14.9. The summed E-state index contributed by atoms with van der Waals surface area (Å²) >= 11 is 6.25. The molecule has 1 saturated heterocycles. The molecule has 3 unspecified atom stereocenters. The predicted octanol–water partition coefficient (Wildman–Crippen LogP) is 3.50. The first-order valence-corrected chi connectivity index (χ1v) is 11.7. The quantitative estimate of drug-likeness (QED) is 0.655. The summed E-state index contributed by atoms with van der Waals surface area (Å²) in [4.78, 5) is 9.87. The van der Waals surface area contributed by atoms with E-state index >= 15 is 0 Å². The average Bonchev–Trinajstić information content (AvgIpc) is 2.98. The Labute approximate surface area is 182 Å². The molecule has 0 radical (unpaired) electrons. The van der Waals surface area contributed by atoms with Gasteiger partial charge in [0.1, 0.15) is 12.0 Å². The van der Waals surface area contributed by atoms with Gasteiger partial charge in [0.2, 0.25) is 0 Å². The fraction of sp³-hybridized carbons (Fsp3) is 0.318. The molecule has 0 saturated carbocycles. The molecule has 0 aliphatic carbocycles. The van der Waals surface area contributed by atoms with Crippen LogP contribution in [0.25, 0.3) is 10.9 Å². The lowest BCUT2D eigenvalue weighted by atomic mass is 10.1. The van der Waals surface area contributed by atoms with Gasteiger partial charge < -0.3 is 15.5 Å². The second-order valence-corrected chi connectivity index (χ2v) is 9.80. The standard InChI is InChI=1S/C22H22ClFN4OS/c23-15-5-6-19-16(9-15)20(28-12-17(24)18(25)13-28)10-22(26-19)27-7-8-30(29)21-4-2-1-3-14(21)11-27/h1-6,9-10,17-18H,7-8,11-13,25H2. The van der Waals surface area contributed by atoms with Crippen LogP contribution in [0.15, 0.2) is 53.4 Å². The Hall–Kier alpha value is -2.22. The Morgan fingerprint density at radius 1 is 1.13 bits per heavy atom. The molecule has 5 rings (SSSR count). The van der Waals surface area contributed by atoms with E-state index in [4.69, 9.17) is 22.3 Å². The zero-order valence-electron chi connectivity index (χ0n) is 16.3. The number of rotatable bonds is 2. The van der Waals surface area contributed by atoms with Crippen molar-refractivity contribution in [1.82, 2.24) is 4.98 Å². The number of benzene rings is 2. The van der Waals surface area contributed by atoms with Crippen molar-refractivity contribution in [3.8, 4) is 0 Å². The Morgan fingerprint density at radius 2 is 1.97 bits per heavy atom. The van der Waals surface area contributed by atoms with Crippen molar-refractivity contribution in [3.05, 3.63) is 59.1 Å². The van der Waals surface area contributed by atoms with Crippen molar-refractivity contribution in [2.75, 3.05) is 35.2 Å². The Bertz CT molecular complexity index is 1130. The van der Waals surface area contributed by atoms with Crippen molar-refractivity contribution in [2.24, 2.45) is 5.73 Å². The second-order valence-electron chi connectivity index (χ2n) is 7.82. The van der Waals surface area contributed by atoms with Crippen LogP contribution in [-0.2, 0) is 17.3 Å². The summed E-state index contributed by atoms with van der Waals surface area (Å²) in [7, 11) is -1.04. The molecule has 2 aliphatic heterocycles. The minimum atomic E-state index is -1.07. The maximum absolute atomic E-state index is 14.2. The maximum atomic E-state index is 14.2. The van der Waals surface area contributed by atoms with Gasteiger partial charge in [0, 0.05) is 46.8 Å². The number of nitrogens with two attached hydrogens (primary N) is 1. The van der Waals surface area contributed by atoms with Crippen LogP contribution in [0.2, 0.25) is 5.02 Å². The van der Waals surface area contributed by atoms with Crippen LogP contribution in [0.3, 0.4) is 0 Å². The molecule has 156 valence electrons. The molecule has 3 aromatic rings. The molecule has 1 fully saturated rings.